The second kappa shape index (κ2) is 10.3. The average molecular weight is 536 g/mol. The number of fused-ring (bicyclic) bond motifs is 1. The number of carbonyl (C=O) groups is 2. The van der Waals surface area contributed by atoms with E-state index in [2.05, 4.69) is 37.1 Å². The highest BCUT2D eigenvalue weighted by Gasteiger charge is 2.44. The molecule has 2 aromatic heterocycles. The van der Waals surface area contributed by atoms with Crippen molar-refractivity contribution in [2.24, 2.45) is 5.10 Å². The van der Waals surface area contributed by atoms with E-state index in [1.165, 1.54) is 22.8 Å². The molecule has 39 heavy (non-hydrogen) atoms. The van der Waals surface area contributed by atoms with Crippen LogP contribution < -0.4 is 5.32 Å². The second-order valence-electron chi connectivity index (χ2n) is 8.17. The molecule has 0 saturated heterocycles. The van der Waals surface area contributed by atoms with Gasteiger partial charge in [-0.05, 0) is 41.8 Å². The highest BCUT2D eigenvalue weighted by Crippen LogP contribution is 2.32. The normalized spacial score (nSPS) is 14.9. The lowest BCUT2D eigenvalue weighted by atomic mass is 10.0. The van der Waals surface area contributed by atoms with Gasteiger partial charge in [0, 0.05) is 11.9 Å². The number of hydrogen-bond donors (Lipinski definition) is 1. The second-order valence-corrected chi connectivity index (χ2v) is 8.17. The number of nitrogens with one attached hydrogen (secondary N) is 1. The Bertz CT molecular complexity index is 1660. The molecule has 0 fully saturated rings. The van der Waals surface area contributed by atoms with Crippen molar-refractivity contribution in [1.82, 2.24) is 19.6 Å². The summed E-state index contributed by atoms with van der Waals surface area (Å²) in [5.74, 6) is 1.80. The van der Waals surface area contributed by atoms with Crippen LogP contribution in [0.1, 0.15) is 29.3 Å². The first-order valence-corrected chi connectivity index (χ1v) is 11.3. The smallest absolute Gasteiger partial charge is 0.403 e. The SMILES string of the molecule is O=C(Nc1ccc(F)c(C#Cc2cnc3cccnn23)c1)N1N=C(OC(=O)C(F)(F)F)C[C@H]1c1ccccc1. The van der Waals surface area contributed by atoms with Gasteiger partial charge in [-0.1, -0.05) is 36.3 Å². The fourth-order valence-corrected chi connectivity index (χ4v) is 3.76. The predicted octanol–water partition coefficient (Wildman–Crippen LogP) is 4.67. The lowest BCUT2D eigenvalue weighted by Crippen LogP contribution is -2.31. The number of hydrogen-bond acceptors (Lipinski definition) is 6. The summed E-state index contributed by atoms with van der Waals surface area (Å²) in [6, 6.07) is 13.8. The number of nitrogens with zero attached hydrogens (tertiary/aromatic N) is 5. The number of esters is 1. The van der Waals surface area contributed by atoms with Crippen LogP contribution in [0.4, 0.5) is 28.0 Å². The van der Waals surface area contributed by atoms with E-state index < -0.39 is 35.9 Å². The Kier molecular flexibility index (Phi) is 6.68. The molecule has 0 unspecified atom stereocenters. The number of amides is 2. The molecule has 0 aliphatic carbocycles. The molecule has 3 heterocycles. The minimum absolute atomic E-state index is 0.0389. The number of ether oxygens (including phenoxy) is 1. The van der Waals surface area contributed by atoms with Gasteiger partial charge in [0.15, 0.2) is 5.65 Å². The largest absolute Gasteiger partial charge is 0.491 e. The van der Waals surface area contributed by atoms with Crippen molar-refractivity contribution in [1.29, 1.82) is 0 Å². The quantitative estimate of drug-likeness (QED) is 0.228. The van der Waals surface area contributed by atoms with Crippen LogP contribution in [0.5, 0.6) is 0 Å². The van der Waals surface area contributed by atoms with E-state index in [9.17, 15) is 27.2 Å². The van der Waals surface area contributed by atoms with Gasteiger partial charge >= 0.3 is 18.2 Å². The zero-order chi connectivity index (χ0) is 27.6. The Labute approximate surface area is 217 Å². The van der Waals surface area contributed by atoms with Gasteiger partial charge in [-0.15, -0.1) is 5.10 Å². The predicted molar refractivity (Wildman–Crippen MR) is 130 cm³/mol. The number of aromatic nitrogens is 3. The van der Waals surface area contributed by atoms with Crippen molar-refractivity contribution < 1.29 is 31.9 Å². The van der Waals surface area contributed by atoms with Crippen molar-refractivity contribution in [2.45, 2.75) is 18.6 Å². The molecule has 0 bridgehead atoms. The molecule has 0 spiro atoms. The summed E-state index contributed by atoms with van der Waals surface area (Å²) in [4.78, 5) is 28.6. The molecule has 9 nitrogen and oxygen atoms in total. The summed E-state index contributed by atoms with van der Waals surface area (Å²) in [5.41, 5.74) is 1.62. The Balaban J connectivity index is 1.39. The van der Waals surface area contributed by atoms with Gasteiger partial charge < -0.3 is 10.1 Å². The van der Waals surface area contributed by atoms with Crippen molar-refractivity contribution in [2.75, 3.05) is 5.32 Å². The highest BCUT2D eigenvalue weighted by molar-refractivity contribution is 5.96. The number of halogens is 4. The number of anilines is 1. The van der Waals surface area contributed by atoms with Gasteiger partial charge in [0.2, 0.25) is 5.90 Å². The van der Waals surface area contributed by atoms with Crippen LogP contribution in [0.25, 0.3) is 5.65 Å². The molecule has 0 saturated carbocycles. The maximum absolute atomic E-state index is 14.5. The number of carbonyl (C=O) groups excluding carboxylic acids is 2. The maximum atomic E-state index is 14.5. The zero-order valence-electron chi connectivity index (χ0n) is 19.7. The molecule has 196 valence electrons. The van der Waals surface area contributed by atoms with E-state index in [1.807, 2.05) is 0 Å². The van der Waals surface area contributed by atoms with Gasteiger partial charge in [0.25, 0.3) is 0 Å². The van der Waals surface area contributed by atoms with Crippen molar-refractivity contribution in [3.8, 4) is 11.8 Å². The van der Waals surface area contributed by atoms with E-state index in [0.717, 1.165) is 11.1 Å². The molecule has 1 aliphatic rings. The van der Waals surface area contributed by atoms with Gasteiger partial charge in [-0.2, -0.15) is 18.3 Å². The minimum Gasteiger partial charge on any atom is -0.403 e. The fourth-order valence-electron chi connectivity index (χ4n) is 3.76. The van der Waals surface area contributed by atoms with Gasteiger partial charge in [0.05, 0.1) is 24.2 Å². The third kappa shape index (κ3) is 5.54. The Morgan fingerprint density at radius 2 is 1.85 bits per heavy atom. The zero-order valence-corrected chi connectivity index (χ0v) is 19.7. The van der Waals surface area contributed by atoms with Crippen LogP contribution in [0, 0.1) is 17.7 Å². The Morgan fingerprint density at radius 1 is 1.05 bits per heavy atom. The van der Waals surface area contributed by atoms with Crippen molar-refractivity contribution >= 4 is 29.2 Å². The number of benzene rings is 2. The van der Waals surface area contributed by atoms with Crippen LogP contribution in [-0.2, 0) is 9.53 Å². The first-order chi connectivity index (χ1) is 18.7. The van der Waals surface area contributed by atoms with Crippen LogP contribution in [0.3, 0.4) is 0 Å². The first-order valence-electron chi connectivity index (χ1n) is 11.3. The van der Waals surface area contributed by atoms with E-state index in [-0.39, 0.29) is 17.7 Å². The molecule has 2 aromatic carbocycles. The molecule has 13 heteroatoms. The van der Waals surface area contributed by atoms with Crippen molar-refractivity contribution in [3.63, 3.8) is 0 Å². The van der Waals surface area contributed by atoms with Crippen LogP contribution >= 0.6 is 0 Å². The summed E-state index contributed by atoms with van der Waals surface area (Å²) in [7, 11) is 0. The Morgan fingerprint density at radius 3 is 2.62 bits per heavy atom. The van der Waals surface area contributed by atoms with Gasteiger partial charge in [-0.3, -0.25) is 0 Å². The number of alkyl halides is 3. The molecular weight excluding hydrogens is 520 g/mol. The van der Waals surface area contributed by atoms with Gasteiger partial charge in [-0.25, -0.2) is 28.5 Å². The van der Waals surface area contributed by atoms with Gasteiger partial charge in [0.1, 0.15) is 11.5 Å². The monoisotopic (exact) mass is 536 g/mol. The van der Waals surface area contributed by atoms with Crippen molar-refractivity contribution in [3.05, 3.63) is 95.7 Å². The molecule has 1 N–H and O–H groups in total. The van der Waals surface area contributed by atoms with E-state index >= 15 is 0 Å². The molecule has 1 aliphatic heterocycles. The summed E-state index contributed by atoms with van der Waals surface area (Å²) in [5, 5.41) is 11.3. The lowest BCUT2D eigenvalue weighted by Gasteiger charge is -2.22. The average Bonchev–Trinajstić information content (AvgIpc) is 3.53. The summed E-state index contributed by atoms with van der Waals surface area (Å²) < 4.78 is 58.4. The standard InChI is InChI=1S/C26H16F4N6O3/c27-20-11-9-18(13-17(20)8-10-19-15-31-22-7-4-12-32-35(19)22)33-25(38)36-21(16-5-2-1-3-6-16)14-23(34-36)39-24(37)26(28,29)30/h1-7,9,11-13,15,21H,14H2,(H,33,38)/t21-/m0/s1. The highest BCUT2D eigenvalue weighted by atomic mass is 19.4. The minimum atomic E-state index is -5.23. The summed E-state index contributed by atoms with van der Waals surface area (Å²) >= 11 is 0. The third-order valence-electron chi connectivity index (χ3n) is 5.54. The molecule has 2 amide bonds. The van der Waals surface area contributed by atoms with E-state index in [4.69, 9.17) is 0 Å². The number of hydrazone groups is 1. The van der Waals surface area contributed by atoms with E-state index in [1.54, 1.807) is 48.7 Å². The molecule has 0 radical (unpaired) electrons. The molecule has 4 aromatic rings. The first kappa shape index (κ1) is 25.4. The third-order valence-corrected chi connectivity index (χ3v) is 5.54. The molecular formula is C26H16F4N6O3. The molecule has 5 rings (SSSR count). The van der Waals surface area contributed by atoms with Crippen LogP contribution in [0.15, 0.2) is 78.2 Å². The summed E-state index contributed by atoms with van der Waals surface area (Å²) in [6.45, 7) is 0. The van der Waals surface area contributed by atoms with Crippen LogP contribution in [0.2, 0.25) is 0 Å². The lowest BCUT2D eigenvalue weighted by molar-refractivity contribution is -0.191. The summed E-state index contributed by atoms with van der Waals surface area (Å²) in [6.07, 6.45) is -2.47. The maximum Gasteiger partial charge on any atom is 0.491 e. The number of rotatable bonds is 2. The number of imidazole rings is 1. The van der Waals surface area contributed by atoms with Crippen LogP contribution in [-0.4, -0.2) is 43.7 Å². The number of urea groups is 1. The Hall–Kier alpha value is -5.25. The fraction of sp³-hybridized carbons (Fsp3) is 0.115. The molecule has 1 atom stereocenters. The topological polar surface area (TPSA) is 101 Å². The van der Waals surface area contributed by atoms with E-state index in [0.29, 0.717) is 16.9 Å².